The zero-order chi connectivity index (χ0) is 30.0. The average Bonchev–Trinajstić information content (AvgIpc) is 2.90. The number of nitriles is 1. The minimum atomic E-state index is -0.466. The molecule has 3 saturated carbocycles. The second-order valence-corrected chi connectivity index (χ2v) is 15.5. The first kappa shape index (κ1) is 30.1. The van der Waals surface area contributed by atoms with Crippen molar-refractivity contribution in [3.63, 3.8) is 0 Å². The van der Waals surface area contributed by atoms with Crippen molar-refractivity contribution in [1.82, 2.24) is 5.32 Å². The van der Waals surface area contributed by atoms with E-state index < -0.39 is 5.41 Å². The molecule has 0 radical (unpaired) electrons. The first-order valence-corrected chi connectivity index (χ1v) is 16.0. The van der Waals surface area contributed by atoms with Crippen LogP contribution in [0.3, 0.4) is 0 Å². The van der Waals surface area contributed by atoms with Gasteiger partial charge in [-0.15, -0.1) is 0 Å². The number of alkyl carbamates (subject to hydrolysis) is 1. The lowest BCUT2D eigenvalue weighted by molar-refractivity contribution is -0.171. The summed E-state index contributed by atoms with van der Waals surface area (Å²) in [6.45, 7) is 16.5. The molecule has 5 aliphatic carbocycles. The fourth-order valence-electron chi connectivity index (χ4n) is 10.6. The molecule has 0 aliphatic heterocycles. The Morgan fingerprint density at radius 2 is 1.78 bits per heavy atom. The normalized spacial score (nSPS) is 42.8. The van der Waals surface area contributed by atoms with Crippen molar-refractivity contribution in [2.24, 2.45) is 50.7 Å². The van der Waals surface area contributed by atoms with Gasteiger partial charge in [0.15, 0.2) is 11.6 Å². The van der Waals surface area contributed by atoms with Crippen molar-refractivity contribution in [2.45, 2.75) is 106 Å². The molecule has 6 heteroatoms. The van der Waals surface area contributed by atoms with Crippen LogP contribution in [0.15, 0.2) is 23.3 Å². The van der Waals surface area contributed by atoms with E-state index in [0.717, 1.165) is 63.4 Å². The summed E-state index contributed by atoms with van der Waals surface area (Å²) in [6, 6.07) is 2.18. The van der Waals surface area contributed by atoms with Gasteiger partial charge in [0.25, 0.3) is 0 Å². The van der Waals surface area contributed by atoms with Gasteiger partial charge in [0, 0.05) is 23.8 Å². The molecule has 0 bridgehead atoms. The predicted molar refractivity (Wildman–Crippen MR) is 159 cm³/mol. The number of ether oxygens (including phenoxy) is 1. The monoisotopic (exact) mass is 562 g/mol. The van der Waals surface area contributed by atoms with Crippen molar-refractivity contribution >= 4 is 17.7 Å². The highest BCUT2D eigenvalue weighted by Crippen LogP contribution is 2.74. The fourth-order valence-corrected chi connectivity index (χ4v) is 10.6. The number of Topliss-reactive ketones (excluding diaryl/α,β-unsaturated/α-hetero) is 1. The predicted octanol–water partition coefficient (Wildman–Crippen LogP) is 7.34. The molecule has 5 aliphatic rings. The summed E-state index contributed by atoms with van der Waals surface area (Å²) < 4.78 is 5.44. The van der Waals surface area contributed by atoms with Crippen molar-refractivity contribution in [3.05, 3.63) is 23.3 Å². The van der Waals surface area contributed by atoms with Gasteiger partial charge in [0.05, 0.1) is 12.2 Å². The van der Waals surface area contributed by atoms with Gasteiger partial charge >= 0.3 is 6.09 Å². The number of ketones is 2. The highest BCUT2D eigenvalue weighted by Gasteiger charge is 2.68. The Labute approximate surface area is 246 Å². The number of hydrogen-bond acceptors (Lipinski definition) is 5. The molecule has 5 rings (SSSR count). The molecule has 224 valence electrons. The van der Waals surface area contributed by atoms with Gasteiger partial charge in [-0.05, 0) is 104 Å². The second kappa shape index (κ2) is 10.1. The number of carbonyl (C=O) groups excluding carboxylic acids is 3. The van der Waals surface area contributed by atoms with Crippen LogP contribution < -0.4 is 5.32 Å². The number of hydrogen-bond donors (Lipinski definition) is 1. The molecular formula is C35H50N2O4. The Morgan fingerprint density at radius 3 is 2.46 bits per heavy atom. The molecule has 0 aromatic carbocycles. The summed E-state index contributed by atoms with van der Waals surface area (Å²) in [5, 5.41) is 12.5. The number of nitrogens with one attached hydrogen (secondary N) is 1. The highest BCUT2D eigenvalue weighted by molar-refractivity contribution is 6.02. The Kier molecular flexibility index (Phi) is 7.40. The fraction of sp³-hybridized carbons (Fsp3) is 0.771. The summed E-state index contributed by atoms with van der Waals surface area (Å²) in [4.78, 5) is 39.4. The zero-order valence-electron chi connectivity index (χ0n) is 26.3. The minimum absolute atomic E-state index is 0.0453. The van der Waals surface area contributed by atoms with Gasteiger partial charge in [0.1, 0.15) is 6.07 Å². The van der Waals surface area contributed by atoms with Crippen molar-refractivity contribution in [1.29, 1.82) is 5.26 Å². The first-order valence-electron chi connectivity index (χ1n) is 16.0. The molecule has 1 unspecified atom stereocenters. The van der Waals surface area contributed by atoms with Crippen LogP contribution in [0, 0.1) is 62.1 Å². The van der Waals surface area contributed by atoms with E-state index in [0.29, 0.717) is 19.1 Å². The molecule has 6 nitrogen and oxygen atoms in total. The summed E-state index contributed by atoms with van der Waals surface area (Å²) in [5.74, 6) is 0.346. The average molecular weight is 563 g/mol. The number of nitrogens with zero attached hydrogens (tertiary/aromatic N) is 1. The van der Waals surface area contributed by atoms with Crippen LogP contribution in [0.25, 0.3) is 0 Å². The van der Waals surface area contributed by atoms with E-state index in [2.05, 4.69) is 46.0 Å². The smallest absolute Gasteiger partial charge is 0.407 e. The van der Waals surface area contributed by atoms with Crippen LogP contribution in [0.5, 0.6) is 0 Å². The van der Waals surface area contributed by atoms with Crippen molar-refractivity contribution < 1.29 is 19.1 Å². The quantitative estimate of drug-likeness (QED) is 0.354. The maximum atomic E-state index is 14.5. The molecule has 0 spiro atoms. The SMILES string of the molecule is CCNC(=O)OCCC[C@]12CCC(C)(C)CC1[C@@H]1C(=O)C=C3[C@@]4(C)C=C(C#N)C(=O)[C@@H](C)[C@@H]4CC[C@@]3(C)[C@]1(C)CC2. The van der Waals surface area contributed by atoms with Crippen LogP contribution >= 0.6 is 0 Å². The van der Waals surface area contributed by atoms with Crippen LogP contribution in [-0.2, 0) is 14.3 Å². The van der Waals surface area contributed by atoms with E-state index in [4.69, 9.17) is 4.74 Å². The third kappa shape index (κ3) is 4.43. The summed E-state index contributed by atoms with van der Waals surface area (Å²) in [6.07, 6.45) is 12.7. The second-order valence-electron chi connectivity index (χ2n) is 15.5. The molecule has 0 aromatic rings. The molecule has 0 aromatic heterocycles. The molecule has 8 atom stereocenters. The van der Waals surface area contributed by atoms with Crippen LogP contribution in [0.4, 0.5) is 4.79 Å². The minimum Gasteiger partial charge on any atom is -0.450 e. The zero-order valence-corrected chi connectivity index (χ0v) is 26.3. The Morgan fingerprint density at radius 1 is 1.07 bits per heavy atom. The van der Waals surface area contributed by atoms with Crippen molar-refractivity contribution in [3.8, 4) is 6.07 Å². The molecule has 0 saturated heterocycles. The Balaban J connectivity index is 1.53. The Hall–Kier alpha value is -2.42. The van der Waals surface area contributed by atoms with E-state index in [1.54, 1.807) is 0 Å². The topological polar surface area (TPSA) is 96.3 Å². The molecule has 41 heavy (non-hydrogen) atoms. The summed E-state index contributed by atoms with van der Waals surface area (Å²) >= 11 is 0. The lowest BCUT2D eigenvalue weighted by atomic mass is 9.34. The lowest BCUT2D eigenvalue weighted by Crippen LogP contribution is -2.64. The maximum absolute atomic E-state index is 14.5. The lowest BCUT2D eigenvalue weighted by Gasteiger charge is -2.69. The van der Waals surface area contributed by atoms with Crippen LogP contribution in [-0.4, -0.2) is 30.8 Å². The van der Waals surface area contributed by atoms with Gasteiger partial charge in [-0.25, -0.2) is 4.79 Å². The van der Waals surface area contributed by atoms with E-state index in [1.165, 1.54) is 0 Å². The van der Waals surface area contributed by atoms with Crippen molar-refractivity contribution in [2.75, 3.05) is 13.2 Å². The van der Waals surface area contributed by atoms with Crippen LogP contribution in [0.2, 0.25) is 0 Å². The third-order valence-corrected chi connectivity index (χ3v) is 13.1. The van der Waals surface area contributed by atoms with E-state index >= 15 is 0 Å². The van der Waals surface area contributed by atoms with Gasteiger partial charge in [-0.3, -0.25) is 9.59 Å². The van der Waals surface area contributed by atoms with Crippen LogP contribution in [0.1, 0.15) is 106 Å². The molecule has 1 amide bonds. The highest BCUT2D eigenvalue weighted by atomic mass is 16.5. The Bertz CT molecular complexity index is 1240. The number of amides is 1. The van der Waals surface area contributed by atoms with E-state index in [9.17, 15) is 19.6 Å². The maximum Gasteiger partial charge on any atom is 0.407 e. The molecular weight excluding hydrogens is 512 g/mol. The summed E-state index contributed by atoms with van der Waals surface area (Å²) in [7, 11) is 0. The van der Waals surface area contributed by atoms with Gasteiger partial charge in [0.2, 0.25) is 0 Å². The molecule has 0 heterocycles. The number of allylic oxidation sites excluding steroid dienone is 4. The standard InChI is InChI=1S/C35H50N2O4/c1-8-37-30(40)41-17-9-11-35-15-13-31(3,4)20-25(35)28-26(38)18-27-32(5)19-23(21-36)29(39)22(2)24(32)10-12-33(27,6)34(28,7)14-16-35/h18-19,22,24-25,28H,8-17,20H2,1-7H3,(H,37,40)/t22-,24-,25?,28+,32-,33+,34+,35+/m0/s1. The van der Waals surface area contributed by atoms with Gasteiger partial charge in [-0.1, -0.05) is 53.2 Å². The number of carbonyl (C=O) groups is 3. The molecule has 1 N–H and O–H groups in total. The van der Waals surface area contributed by atoms with Gasteiger partial charge in [-0.2, -0.15) is 5.26 Å². The number of rotatable bonds is 5. The first-order chi connectivity index (χ1) is 19.2. The number of fused-ring (bicyclic) bond motifs is 7. The third-order valence-electron chi connectivity index (χ3n) is 13.1. The van der Waals surface area contributed by atoms with E-state index in [-0.39, 0.29) is 62.6 Å². The largest absolute Gasteiger partial charge is 0.450 e. The van der Waals surface area contributed by atoms with E-state index in [1.807, 2.05) is 26.0 Å². The van der Waals surface area contributed by atoms with Gasteiger partial charge < -0.3 is 10.1 Å². The summed E-state index contributed by atoms with van der Waals surface area (Å²) in [5.41, 5.74) is 0.856. The molecule has 3 fully saturated rings.